The van der Waals surface area contributed by atoms with Crippen LogP contribution in [0.4, 0.5) is 5.82 Å². The van der Waals surface area contributed by atoms with Crippen molar-refractivity contribution in [1.82, 2.24) is 24.6 Å². The van der Waals surface area contributed by atoms with Gasteiger partial charge in [-0.3, -0.25) is 9.69 Å². The Kier molecular flexibility index (Phi) is 5.79. The minimum absolute atomic E-state index is 0.108. The van der Waals surface area contributed by atoms with Gasteiger partial charge in [-0.15, -0.1) is 0 Å². The molecule has 0 atom stereocenters. The summed E-state index contributed by atoms with van der Waals surface area (Å²) in [5, 5.41) is 4.41. The molecule has 3 N–H and O–H groups in total. The number of carbonyl (C=O) groups excluding carboxylic acids is 1. The van der Waals surface area contributed by atoms with Crippen molar-refractivity contribution in [2.24, 2.45) is 0 Å². The molecule has 0 saturated carbocycles. The second-order valence-electron chi connectivity index (χ2n) is 9.22. The van der Waals surface area contributed by atoms with Gasteiger partial charge in [0.1, 0.15) is 24.0 Å². The number of ketones is 1. The summed E-state index contributed by atoms with van der Waals surface area (Å²) in [4.78, 5) is 23.4. The summed E-state index contributed by atoms with van der Waals surface area (Å²) in [5.41, 5.74) is 12.1. The number of ether oxygens (including phenoxy) is 2. The number of rotatable bonds is 7. The van der Waals surface area contributed by atoms with E-state index in [-0.39, 0.29) is 5.78 Å². The van der Waals surface area contributed by atoms with Crippen molar-refractivity contribution in [2.45, 2.75) is 13.3 Å². The first-order chi connectivity index (χ1) is 17.5. The van der Waals surface area contributed by atoms with Crippen LogP contribution >= 0.6 is 0 Å². The average Bonchev–Trinajstić information content (AvgIpc) is 3.59. The van der Waals surface area contributed by atoms with Gasteiger partial charge in [0, 0.05) is 31.6 Å². The van der Waals surface area contributed by atoms with Crippen LogP contribution in [0.1, 0.15) is 27.3 Å². The van der Waals surface area contributed by atoms with Crippen molar-refractivity contribution in [3.63, 3.8) is 0 Å². The summed E-state index contributed by atoms with van der Waals surface area (Å²) in [6.45, 7) is 6.86. The van der Waals surface area contributed by atoms with Crippen molar-refractivity contribution in [3.8, 4) is 11.4 Å². The normalized spacial score (nSPS) is 15.8. The number of allylic oxidation sites excluding steroid dienone is 1. The standard InChI is InChI=1S/C27H28N6O3/c1-17-30-24-5-3-21(15-25(24)31-17)33-27(28)23(16-29-33)26(34)20-12-18-2-4-22(14-19(18)13-20)36-11-8-32-6-9-35-10-7-32/h2-5,12,14-16H,6-11,13,28H2,1H3,(H,30,31). The largest absolute Gasteiger partial charge is 0.492 e. The Morgan fingerprint density at radius 2 is 2.06 bits per heavy atom. The number of H-pyrrole nitrogens is 1. The van der Waals surface area contributed by atoms with Crippen molar-refractivity contribution >= 4 is 28.7 Å². The molecule has 0 amide bonds. The first-order valence-corrected chi connectivity index (χ1v) is 12.2. The van der Waals surface area contributed by atoms with E-state index >= 15 is 0 Å². The van der Waals surface area contributed by atoms with Crippen LogP contribution in [0.3, 0.4) is 0 Å². The summed E-state index contributed by atoms with van der Waals surface area (Å²) in [6, 6.07) is 11.7. The SMILES string of the molecule is Cc1nc2ccc(-n3ncc(C(=O)C4=Cc5ccc(OCCN6CCOCC6)cc5C4)c3N)cc2[nH]1. The smallest absolute Gasteiger partial charge is 0.194 e. The van der Waals surface area contributed by atoms with E-state index in [2.05, 4.69) is 20.0 Å². The monoisotopic (exact) mass is 484 g/mol. The van der Waals surface area contributed by atoms with E-state index in [1.165, 1.54) is 0 Å². The summed E-state index contributed by atoms with van der Waals surface area (Å²) in [6.07, 6.45) is 4.02. The molecule has 36 heavy (non-hydrogen) atoms. The number of benzene rings is 2. The Hall–Kier alpha value is -3.95. The summed E-state index contributed by atoms with van der Waals surface area (Å²) >= 11 is 0. The number of nitrogens with one attached hydrogen (secondary N) is 1. The highest BCUT2D eigenvalue weighted by Crippen LogP contribution is 2.32. The van der Waals surface area contributed by atoms with Crippen LogP contribution in [0.2, 0.25) is 0 Å². The molecule has 3 heterocycles. The number of aryl methyl sites for hydroxylation is 1. The highest BCUT2D eigenvalue weighted by atomic mass is 16.5. The summed E-state index contributed by atoms with van der Waals surface area (Å²) in [5.74, 6) is 1.87. The van der Waals surface area contributed by atoms with Gasteiger partial charge in [-0.25, -0.2) is 9.67 Å². The van der Waals surface area contributed by atoms with Gasteiger partial charge in [-0.1, -0.05) is 6.07 Å². The number of hydrogen-bond donors (Lipinski definition) is 2. The molecule has 4 aromatic rings. The van der Waals surface area contributed by atoms with E-state index in [0.29, 0.717) is 30.0 Å². The van der Waals surface area contributed by atoms with Gasteiger partial charge in [-0.05, 0) is 54.5 Å². The number of nitrogens with zero attached hydrogens (tertiary/aromatic N) is 4. The highest BCUT2D eigenvalue weighted by Gasteiger charge is 2.24. The van der Waals surface area contributed by atoms with Gasteiger partial charge in [0.15, 0.2) is 5.78 Å². The second kappa shape index (κ2) is 9.25. The zero-order valence-corrected chi connectivity index (χ0v) is 20.2. The number of hydrogen-bond acceptors (Lipinski definition) is 7. The molecule has 1 saturated heterocycles. The molecule has 1 aliphatic carbocycles. The number of nitrogen functional groups attached to an aromatic ring is 1. The average molecular weight is 485 g/mol. The lowest BCUT2D eigenvalue weighted by atomic mass is 10.0. The van der Waals surface area contributed by atoms with Crippen molar-refractivity contribution in [1.29, 1.82) is 0 Å². The Labute approximate surface area is 208 Å². The predicted octanol–water partition coefficient (Wildman–Crippen LogP) is 3.17. The van der Waals surface area contributed by atoms with Gasteiger partial charge in [0.05, 0.1) is 41.7 Å². The number of aromatic nitrogens is 4. The topological polar surface area (TPSA) is 111 Å². The molecule has 1 aliphatic heterocycles. The fourth-order valence-corrected chi connectivity index (χ4v) is 4.84. The zero-order valence-electron chi connectivity index (χ0n) is 20.2. The lowest BCUT2D eigenvalue weighted by Gasteiger charge is -2.26. The van der Waals surface area contributed by atoms with Crippen molar-refractivity contribution in [3.05, 3.63) is 70.7 Å². The van der Waals surface area contributed by atoms with Gasteiger partial charge in [0.25, 0.3) is 0 Å². The molecule has 9 nitrogen and oxygen atoms in total. The van der Waals surface area contributed by atoms with Crippen LogP contribution < -0.4 is 10.5 Å². The fraction of sp³-hybridized carbons (Fsp3) is 0.296. The summed E-state index contributed by atoms with van der Waals surface area (Å²) < 4.78 is 13.0. The molecule has 2 aliphatic rings. The number of Topliss-reactive ketones (excluding diaryl/α,β-unsaturated/α-hetero) is 1. The Morgan fingerprint density at radius 1 is 1.19 bits per heavy atom. The summed E-state index contributed by atoms with van der Waals surface area (Å²) in [7, 11) is 0. The second-order valence-corrected chi connectivity index (χ2v) is 9.22. The van der Waals surface area contributed by atoms with Crippen LogP contribution in [0, 0.1) is 6.92 Å². The molecule has 2 aromatic heterocycles. The Morgan fingerprint density at radius 3 is 2.92 bits per heavy atom. The molecule has 0 spiro atoms. The van der Waals surface area contributed by atoms with Gasteiger partial charge < -0.3 is 20.2 Å². The quantitative estimate of drug-likeness (QED) is 0.388. The predicted molar refractivity (Wildman–Crippen MR) is 138 cm³/mol. The maximum atomic E-state index is 13.4. The molecule has 0 bridgehead atoms. The Bertz CT molecular complexity index is 1480. The number of imidazole rings is 1. The maximum Gasteiger partial charge on any atom is 0.194 e. The molecule has 0 radical (unpaired) electrons. The molecule has 0 unspecified atom stereocenters. The molecule has 184 valence electrons. The third-order valence-electron chi connectivity index (χ3n) is 6.78. The van der Waals surface area contributed by atoms with E-state index in [1.54, 1.807) is 10.9 Å². The first-order valence-electron chi connectivity index (χ1n) is 12.2. The van der Waals surface area contributed by atoms with Gasteiger partial charge >= 0.3 is 0 Å². The number of carbonyl (C=O) groups is 1. The van der Waals surface area contributed by atoms with Gasteiger partial charge in [-0.2, -0.15) is 5.10 Å². The van der Waals surface area contributed by atoms with E-state index < -0.39 is 0 Å². The minimum Gasteiger partial charge on any atom is -0.492 e. The molecule has 1 fully saturated rings. The zero-order chi connectivity index (χ0) is 24.6. The maximum absolute atomic E-state index is 13.4. The minimum atomic E-state index is -0.108. The molecular formula is C27H28N6O3. The van der Waals surface area contributed by atoms with Crippen molar-refractivity contribution < 1.29 is 14.3 Å². The van der Waals surface area contributed by atoms with Gasteiger partial charge in [0.2, 0.25) is 0 Å². The Balaban J connectivity index is 1.14. The van der Waals surface area contributed by atoms with Crippen LogP contribution in [0.15, 0.2) is 48.2 Å². The molecule has 9 heteroatoms. The van der Waals surface area contributed by atoms with E-state index in [9.17, 15) is 4.79 Å². The van der Waals surface area contributed by atoms with Crippen LogP contribution in [0.5, 0.6) is 5.75 Å². The molecule has 6 rings (SSSR count). The number of fused-ring (bicyclic) bond motifs is 2. The van der Waals surface area contributed by atoms with Crippen molar-refractivity contribution in [2.75, 3.05) is 45.2 Å². The third kappa shape index (κ3) is 4.27. The van der Waals surface area contributed by atoms with Crippen LogP contribution in [-0.2, 0) is 11.2 Å². The van der Waals surface area contributed by atoms with E-state index in [1.807, 2.05) is 49.4 Å². The molecule has 2 aromatic carbocycles. The van der Waals surface area contributed by atoms with Crippen LogP contribution in [-0.4, -0.2) is 69.9 Å². The lowest BCUT2D eigenvalue weighted by Crippen LogP contribution is -2.38. The van der Waals surface area contributed by atoms with Crippen LogP contribution in [0.25, 0.3) is 22.8 Å². The lowest BCUT2D eigenvalue weighted by molar-refractivity contribution is 0.0322. The van der Waals surface area contributed by atoms with E-state index in [0.717, 1.165) is 72.3 Å². The number of aromatic amines is 1. The fourth-order valence-electron chi connectivity index (χ4n) is 4.84. The number of nitrogens with two attached hydrogens (primary N) is 1. The third-order valence-corrected chi connectivity index (χ3v) is 6.78. The number of morpholine rings is 1. The van der Waals surface area contributed by atoms with E-state index in [4.69, 9.17) is 15.2 Å². The molecular weight excluding hydrogens is 456 g/mol. The first kappa shape index (κ1) is 22.5. The number of anilines is 1. The highest BCUT2D eigenvalue weighted by molar-refractivity contribution is 6.15.